The Labute approximate surface area is 142 Å². The molecule has 3 rings (SSSR count). The van der Waals surface area contributed by atoms with Gasteiger partial charge in [0.2, 0.25) is 0 Å². The summed E-state index contributed by atoms with van der Waals surface area (Å²) < 4.78 is 24.2. The Morgan fingerprint density at radius 3 is 2.30 bits per heavy atom. The summed E-state index contributed by atoms with van der Waals surface area (Å²) in [4.78, 5) is 2.69. The lowest BCUT2D eigenvalue weighted by atomic mass is 9.90. The Morgan fingerprint density at radius 2 is 1.57 bits per heavy atom. The van der Waals surface area contributed by atoms with Gasteiger partial charge in [-0.2, -0.15) is 0 Å². The highest BCUT2D eigenvalue weighted by Crippen LogP contribution is 2.28. The van der Waals surface area contributed by atoms with E-state index in [2.05, 4.69) is 10.2 Å². The molecule has 4 nitrogen and oxygen atoms in total. The lowest BCUT2D eigenvalue weighted by Crippen LogP contribution is -2.56. The van der Waals surface area contributed by atoms with Crippen LogP contribution in [0.5, 0.6) is 0 Å². The number of hydrogen-bond acceptors (Lipinski definition) is 4. The van der Waals surface area contributed by atoms with Crippen molar-refractivity contribution < 1.29 is 8.42 Å². The van der Waals surface area contributed by atoms with Gasteiger partial charge in [-0.1, -0.05) is 32.1 Å². The maximum absolute atomic E-state index is 12.1. The predicted molar refractivity (Wildman–Crippen MR) is 95.5 cm³/mol. The zero-order chi connectivity index (χ0) is 16.3. The standard InChI is InChI=1S/C18H34N2O2S/c1-23(21,22)18-12-6-5-11-17(18)19-15-8-7-13-20(14-15)16-9-3-2-4-10-16/h15-19H,2-14H2,1H3. The van der Waals surface area contributed by atoms with Gasteiger partial charge in [0.15, 0.2) is 9.84 Å². The second kappa shape index (κ2) is 7.83. The van der Waals surface area contributed by atoms with Crippen molar-refractivity contribution >= 4 is 9.84 Å². The summed E-state index contributed by atoms with van der Waals surface area (Å²) in [6.45, 7) is 2.36. The summed E-state index contributed by atoms with van der Waals surface area (Å²) in [6.07, 6.45) is 14.9. The molecule has 1 heterocycles. The van der Waals surface area contributed by atoms with E-state index in [0.29, 0.717) is 6.04 Å². The van der Waals surface area contributed by atoms with Gasteiger partial charge in [-0.15, -0.1) is 0 Å². The smallest absolute Gasteiger partial charge is 0.151 e. The number of nitrogens with zero attached hydrogens (tertiary/aromatic N) is 1. The van der Waals surface area contributed by atoms with Crippen molar-refractivity contribution in [3.63, 3.8) is 0 Å². The van der Waals surface area contributed by atoms with Crippen molar-refractivity contribution in [3.8, 4) is 0 Å². The molecular weight excluding hydrogens is 308 g/mol. The van der Waals surface area contributed by atoms with E-state index in [1.165, 1.54) is 64.2 Å². The quantitative estimate of drug-likeness (QED) is 0.853. The lowest BCUT2D eigenvalue weighted by Gasteiger charge is -2.42. The highest BCUT2D eigenvalue weighted by Gasteiger charge is 2.35. The van der Waals surface area contributed by atoms with Crippen LogP contribution < -0.4 is 5.32 Å². The molecule has 1 N–H and O–H groups in total. The predicted octanol–water partition coefficient (Wildman–Crippen LogP) is 2.73. The van der Waals surface area contributed by atoms with Crippen LogP contribution in [-0.4, -0.2) is 56.0 Å². The molecule has 0 radical (unpaired) electrons. The van der Waals surface area contributed by atoms with Crippen molar-refractivity contribution in [1.29, 1.82) is 0 Å². The van der Waals surface area contributed by atoms with E-state index < -0.39 is 9.84 Å². The van der Waals surface area contributed by atoms with E-state index >= 15 is 0 Å². The highest BCUT2D eigenvalue weighted by atomic mass is 32.2. The van der Waals surface area contributed by atoms with Gasteiger partial charge in [-0.25, -0.2) is 8.42 Å². The fourth-order valence-electron chi connectivity index (χ4n) is 5.02. The van der Waals surface area contributed by atoms with E-state index in [9.17, 15) is 8.42 Å². The first-order chi connectivity index (χ1) is 11.0. The molecule has 2 aliphatic carbocycles. The minimum absolute atomic E-state index is 0.165. The first-order valence-electron chi connectivity index (χ1n) is 9.73. The monoisotopic (exact) mass is 342 g/mol. The molecule has 3 fully saturated rings. The molecule has 23 heavy (non-hydrogen) atoms. The fraction of sp³-hybridized carbons (Fsp3) is 1.00. The number of nitrogens with one attached hydrogen (secondary N) is 1. The van der Waals surface area contributed by atoms with Gasteiger partial charge in [-0.05, 0) is 45.1 Å². The summed E-state index contributed by atoms with van der Waals surface area (Å²) in [5.41, 5.74) is 0. The molecule has 0 aromatic carbocycles. The van der Waals surface area contributed by atoms with Crippen molar-refractivity contribution in [2.24, 2.45) is 0 Å². The first-order valence-corrected chi connectivity index (χ1v) is 11.7. The van der Waals surface area contributed by atoms with Gasteiger partial charge in [-0.3, -0.25) is 4.90 Å². The fourth-order valence-corrected chi connectivity index (χ4v) is 6.43. The van der Waals surface area contributed by atoms with E-state index in [-0.39, 0.29) is 11.3 Å². The van der Waals surface area contributed by atoms with Crippen molar-refractivity contribution in [2.75, 3.05) is 19.3 Å². The number of piperidine rings is 1. The van der Waals surface area contributed by atoms with Crippen LogP contribution in [0, 0.1) is 0 Å². The maximum Gasteiger partial charge on any atom is 0.151 e. The first kappa shape index (κ1) is 17.7. The van der Waals surface area contributed by atoms with Crippen LogP contribution in [0.25, 0.3) is 0 Å². The Kier molecular flexibility index (Phi) is 6.02. The zero-order valence-electron chi connectivity index (χ0n) is 14.7. The molecule has 1 aliphatic heterocycles. The Morgan fingerprint density at radius 1 is 0.870 bits per heavy atom. The Hall–Kier alpha value is -0.130. The molecule has 134 valence electrons. The second-order valence-corrected chi connectivity index (χ2v) is 10.3. The zero-order valence-corrected chi connectivity index (χ0v) is 15.5. The Balaban J connectivity index is 1.57. The number of sulfone groups is 1. The molecule has 1 saturated heterocycles. The van der Waals surface area contributed by atoms with E-state index in [1.54, 1.807) is 0 Å². The van der Waals surface area contributed by atoms with Crippen LogP contribution in [0.15, 0.2) is 0 Å². The van der Waals surface area contributed by atoms with Crippen LogP contribution in [0.3, 0.4) is 0 Å². The molecule has 3 unspecified atom stereocenters. The Bertz CT molecular complexity index is 473. The largest absolute Gasteiger partial charge is 0.309 e. The second-order valence-electron chi connectivity index (χ2n) is 8.05. The van der Waals surface area contributed by atoms with Gasteiger partial charge >= 0.3 is 0 Å². The molecule has 3 atom stereocenters. The van der Waals surface area contributed by atoms with Crippen molar-refractivity contribution in [2.45, 2.75) is 94.0 Å². The van der Waals surface area contributed by atoms with Gasteiger partial charge in [0.25, 0.3) is 0 Å². The summed E-state index contributed by atoms with van der Waals surface area (Å²) in [5.74, 6) is 0. The van der Waals surface area contributed by atoms with Crippen LogP contribution in [0.2, 0.25) is 0 Å². The van der Waals surface area contributed by atoms with Crippen LogP contribution in [-0.2, 0) is 9.84 Å². The van der Waals surface area contributed by atoms with Crippen molar-refractivity contribution in [3.05, 3.63) is 0 Å². The summed E-state index contributed by atoms with van der Waals surface area (Å²) >= 11 is 0. The molecule has 3 aliphatic rings. The molecule has 5 heteroatoms. The van der Waals surface area contributed by atoms with Crippen LogP contribution in [0.1, 0.15) is 70.6 Å². The third-order valence-corrected chi connectivity index (χ3v) is 7.91. The molecule has 0 spiro atoms. The summed E-state index contributed by atoms with van der Waals surface area (Å²) in [5, 5.41) is 3.60. The summed E-state index contributed by atoms with van der Waals surface area (Å²) in [7, 11) is -2.94. The maximum atomic E-state index is 12.1. The SMILES string of the molecule is CS(=O)(=O)C1CCCCC1NC1CCCN(C2CCCCC2)C1. The third kappa shape index (κ3) is 4.70. The van der Waals surface area contributed by atoms with Gasteiger partial charge in [0.05, 0.1) is 5.25 Å². The van der Waals surface area contributed by atoms with E-state index in [1.807, 2.05) is 0 Å². The van der Waals surface area contributed by atoms with Gasteiger partial charge < -0.3 is 5.32 Å². The average molecular weight is 343 g/mol. The van der Waals surface area contributed by atoms with Crippen LogP contribution in [0.4, 0.5) is 0 Å². The molecule has 0 bridgehead atoms. The van der Waals surface area contributed by atoms with Gasteiger partial charge in [0, 0.05) is 30.9 Å². The van der Waals surface area contributed by atoms with E-state index in [4.69, 9.17) is 0 Å². The van der Waals surface area contributed by atoms with Crippen LogP contribution >= 0.6 is 0 Å². The molecular formula is C18H34N2O2S. The lowest BCUT2D eigenvalue weighted by molar-refractivity contribution is 0.104. The average Bonchev–Trinajstić information content (AvgIpc) is 2.55. The minimum atomic E-state index is -2.94. The van der Waals surface area contributed by atoms with Crippen molar-refractivity contribution in [1.82, 2.24) is 10.2 Å². The minimum Gasteiger partial charge on any atom is -0.309 e. The molecule has 2 saturated carbocycles. The number of likely N-dealkylation sites (tertiary alicyclic amines) is 1. The van der Waals surface area contributed by atoms with E-state index in [0.717, 1.165) is 31.8 Å². The number of rotatable bonds is 4. The molecule has 0 aromatic rings. The molecule has 0 aromatic heterocycles. The normalized spacial score (nSPS) is 35.3. The molecule has 0 amide bonds. The van der Waals surface area contributed by atoms with Gasteiger partial charge in [0.1, 0.15) is 0 Å². The topological polar surface area (TPSA) is 49.4 Å². The highest BCUT2D eigenvalue weighted by molar-refractivity contribution is 7.91. The number of hydrogen-bond donors (Lipinski definition) is 1. The summed E-state index contributed by atoms with van der Waals surface area (Å²) in [6, 6.07) is 1.44. The third-order valence-electron chi connectivity index (χ3n) is 6.25.